The first kappa shape index (κ1) is 40.5. The van der Waals surface area contributed by atoms with E-state index in [1.165, 1.54) is 0 Å². The van der Waals surface area contributed by atoms with Gasteiger partial charge >= 0.3 is 0 Å². The van der Waals surface area contributed by atoms with Crippen LogP contribution in [0.5, 0.6) is 23.0 Å². The first-order chi connectivity index (χ1) is 25.5. The minimum Gasteiger partial charge on any atom is -0.508 e. The topological polar surface area (TPSA) is 112 Å². The van der Waals surface area contributed by atoms with Crippen molar-refractivity contribution < 1.29 is 20.4 Å². The molecule has 2 atom stereocenters. The molecule has 0 heterocycles. The van der Waals surface area contributed by atoms with Crippen molar-refractivity contribution >= 4 is 12.4 Å². The number of aromatic hydroxyl groups is 4. The van der Waals surface area contributed by atoms with Crippen molar-refractivity contribution in [3.05, 3.63) is 117 Å². The third-order valence-electron chi connectivity index (χ3n) is 10.8. The Bertz CT molecular complexity index is 1810. The largest absolute Gasteiger partial charge is 0.508 e. The Labute approximate surface area is 322 Å². The van der Waals surface area contributed by atoms with E-state index in [1.54, 1.807) is 36.7 Å². The fourth-order valence-electron chi connectivity index (χ4n) is 7.41. The third-order valence-corrected chi connectivity index (χ3v) is 10.8. The lowest BCUT2D eigenvalue weighted by atomic mass is 9.84. The molecule has 1 fully saturated rings. The molecule has 1 aliphatic carbocycles. The molecule has 8 heteroatoms. The molecular formula is C46H60N4O4. The summed E-state index contributed by atoms with van der Waals surface area (Å²) >= 11 is 0. The molecule has 0 bridgehead atoms. The summed E-state index contributed by atoms with van der Waals surface area (Å²) in [6, 6.07) is 23.2. The van der Waals surface area contributed by atoms with Crippen LogP contribution in [-0.4, -0.2) is 68.8 Å². The lowest BCUT2D eigenvalue weighted by Gasteiger charge is -2.43. The third kappa shape index (κ3) is 10.1. The van der Waals surface area contributed by atoms with Crippen LogP contribution in [0.15, 0.2) is 82.8 Å². The SMILES string of the molecule is CN(Cc1cc(C(C)(C)C)cc(C=NCc2ccccc2O)c1O)C1CCCCC1N(C)Cc1cc(C(C)(C)C)cc(C=NCc2ccccc2O)c1O. The molecule has 2 unspecified atom stereocenters. The van der Waals surface area contributed by atoms with Crippen LogP contribution in [0.25, 0.3) is 0 Å². The van der Waals surface area contributed by atoms with Crippen LogP contribution in [0.2, 0.25) is 0 Å². The highest BCUT2D eigenvalue weighted by Crippen LogP contribution is 2.36. The Kier molecular flexibility index (Phi) is 12.9. The Morgan fingerprint density at radius 3 is 1.30 bits per heavy atom. The number of hydrogen-bond acceptors (Lipinski definition) is 8. The van der Waals surface area contributed by atoms with Crippen molar-refractivity contribution in [1.82, 2.24) is 9.80 Å². The molecule has 288 valence electrons. The molecule has 8 nitrogen and oxygen atoms in total. The Morgan fingerprint density at radius 1 is 0.574 bits per heavy atom. The van der Waals surface area contributed by atoms with Crippen molar-refractivity contribution in [3.8, 4) is 23.0 Å². The molecule has 0 amide bonds. The number of hydrogen-bond donors (Lipinski definition) is 4. The quantitative estimate of drug-likeness (QED) is 0.108. The van der Waals surface area contributed by atoms with E-state index in [9.17, 15) is 20.4 Å². The van der Waals surface area contributed by atoms with E-state index in [2.05, 4.69) is 87.6 Å². The minimum atomic E-state index is -0.134. The molecule has 0 aromatic heterocycles. The maximum Gasteiger partial charge on any atom is 0.128 e. The second kappa shape index (κ2) is 17.2. The van der Waals surface area contributed by atoms with Gasteiger partial charge in [-0.1, -0.05) is 103 Å². The number of rotatable bonds is 12. The second-order valence-corrected chi connectivity index (χ2v) is 17.1. The molecule has 54 heavy (non-hydrogen) atoms. The minimum absolute atomic E-state index is 0.134. The number of aliphatic imine (C=N–C) groups is 2. The number of para-hydroxylation sites is 2. The van der Waals surface area contributed by atoms with Crippen LogP contribution < -0.4 is 0 Å². The van der Waals surface area contributed by atoms with E-state index in [0.29, 0.717) is 37.3 Å². The van der Waals surface area contributed by atoms with Crippen LogP contribution in [0.1, 0.15) is 112 Å². The van der Waals surface area contributed by atoms with Crippen LogP contribution >= 0.6 is 0 Å². The Hall–Kier alpha value is -4.66. The van der Waals surface area contributed by atoms with Crippen molar-refractivity contribution in [3.63, 3.8) is 0 Å². The van der Waals surface area contributed by atoms with Crippen LogP contribution in [-0.2, 0) is 37.0 Å². The number of nitrogens with zero attached hydrogens (tertiary/aromatic N) is 4. The van der Waals surface area contributed by atoms with Gasteiger partial charge in [0.25, 0.3) is 0 Å². The van der Waals surface area contributed by atoms with Crippen molar-refractivity contribution in [2.24, 2.45) is 9.98 Å². The molecule has 1 saturated carbocycles. The molecule has 0 radical (unpaired) electrons. The fraction of sp³-hybridized carbons (Fsp3) is 0.435. The van der Waals surface area contributed by atoms with E-state index in [1.807, 2.05) is 36.4 Å². The molecular weight excluding hydrogens is 673 g/mol. The van der Waals surface area contributed by atoms with Crippen LogP contribution in [0.3, 0.4) is 0 Å². The van der Waals surface area contributed by atoms with Gasteiger partial charge in [0.15, 0.2) is 0 Å². The summed E-state index contributed by atoms with van der Waals surface area (Å²) in [4.78, 5) is 14.0. The lowest BCUT2D eigenvalue weighted by molar-refractivity contribution is 0.0684. The van der Waals surface area contributed by atoms with Gasteiger partial charge in [-0.05, 0) is 73.2 Å². The van der Waals surface area contributed by atoms with Gasteiger partial charge in [0.1, 0.15) is 23.0 Å². The summed E-state index contributed by atoms with van der Waals surface area (Å²) in [5.74, 6) is 0.891. The molecule has 0 aliphatic heterocycles. The van der Waals surface area contributed by atoms with E-state index >= 15 is 0 Å². The molecule has 4 aromatic carbocycles. The van der Waals surface area contributed by atoms with Crippen molar-refractivity contribution in [1.29, 1.82) is 0 Å². The zero-order chi connectivity index (χ0) is 39.2. The lowest BCUT2D eigenvalue weighted by Crippen LogP contribution is -2.50. The standard InChI is InChI=1S/C46H60N4O4/c1-45(2,3)37-21-33(27-47-25-31-15-9-13-19-41(31)51)43(53)35(23-37)29-49(7)39-17-11-12-18-40(39)50(8)30-36-24-38(46(4,5)6)22-34(44(36)54)28-48-26-32-16-10-14-20-42(32)52/h9-10,13-16,19-24,27-28,39-40,51-54H,11-12,17-18,25-26,29-30H2,1-8H3. The highest BCUT2D eigenvalue weighted by atomic mass is 16.3. The maximum atomic E-state index is 11.6. The predicted molar refractivity (Wildman–Crippen MR) is 221 cm³/mol. The van der Waals surface area contributed by atoms with Gasteiger partial charge in [0.05, 0.1) is 13.1 Å². The first-order valence-electron chi connectivity index (χ1n) is 19.2. The average Bonchev–Trinajstić information content (AvgIpc) is 3.11. The number of phenolic OH excluding ortho intramolecular Hbond substituents is 4. The monoisotopic (exact) mass is 732 g/mol. The van der Waals surface area contributed by atoms with Crippen molar-refractivity contribution in [2.75, 3.05) is 14.1 Å². The maximum absolute atomic E-state index is 11.6. The Balaban J connectivity index is 1.38. The van der Waals surface area contributed by atoms with Crippen molar-refractivity contribution in [2.45, 2.75) is 116 Å². The molecule has 4 N–H and O–H groups in total. The first-order valence-corrected chi connectivity index (χ1v) is 19.2. The van der Waals surface area contributed by atoms with Gasteiger partial charge in [-0.3, -0.25) is 19.8 Å². The average molecular weight is 733 g/mol. The smallest absolute Gasteiger partial charge is 0.128 e. The number of likely N-dealkylation sites (N-methyl/N-ethyl adjacent to an activating group) is 2. The summed E-state index contributed by atoms with van der Waals surface area (Å²) in [6.07, 6.45) is 7.80. The van der Waals surface area contributed by atoms with Gasteiger partial charge in [0.2, 0.25) is 0 Å². The van der Waals surface area contributed by atoms with Gasteiger partial charge in [-0.2, -0.15) is 0 Å². The highest BCUT2D eigenvalue weighted by molar-refractivity contribution is 5.85. The normalized spacial score (nSPS) is 17.0. The predicted octanol–water partition coefficient (Wildman–Crippen LogP) is 9.22. The summed E-state index contributed by atoms with van der Waals surface area (Å²) in [7, 11) is 4.31. The molecule has 0 spiro atoms. The molecule has 0 saturated heterocycles. The van der Waals surface area contributed by atoms with E-state index in [-0.39, 0.29) is 45.9 Å². The molecule has 1 aliphatic rings. The van der Waals surface area contributed by atoms with E-state index in [4.69, 9.17) is 0 Å². The van der Waals surface area contributed by atoms with Gasteiger partial charge in [-0.25, -0.2) is 0 Å². The summed E-state index contributed by atoms with van der Waals surface area (Å²) < 4.78 is 0. The molecule has 4 aromatic rings. The number of benzene rings is 4. The van der Waals surface area contributed by atoms with Gasteiger partial charge in [0, 0.05) is 71.0 Å². The summed E-state index contributed by atoms with van der Waals surface area (Å²) in [6.45, 7) is 14.9. The fourth-order valence-corrected chi connectivity index (χ4v) is 7.41. The summed E-state index contributed by atoms with van der Waals surface area (Å²) in [5, 5.41) is 43.6. The van der Waals surface area contributed by atoms with E-state index < -0.39 is 0 Å². The zero-order valence-electron chi connectivity index (χ0n) is 33.5. The molecule has 5 rings (SSSR count). The Morgan fingerprint density at radius 2 is 0.944 bits per heavy atom. The van der Waals surface area contributed by atoms with Gasteiger partial charge in [-0.15, -0.1) is 0 Å². The number of phenols is 4. The van der Waals surface area contributed by atoms with E-state index in [0.717, 1.165) is 59.1 Å². The highest BCUT2D eigenvalue weighted by Gasteiger charge is 2.33. The van der Waals surface area contributed by atoms with Gasteiger partial charge < -0.3 is 20.4 Å². The van der Waals surface area contributed by atoms with Crippen LogP contribution in [0, 0.1) is 0 Å². The zero-order valence-corrected chi connectivity index (χ0v) is 33.5. The summed E-state index contributed by atoms with van der Waals surface area (Å²) in [5.41, 5.74) is 6.53. The second-order valence-electron chi connectivity index (χ2n) is 17.1. The van der Waals surface area contributed by atoms with Crippen LogP contribution in [0.4, 0.5) is 0 Å².